The highest BCUT2D eigenvalue weighted by Gasteiger charge is 2.29. The summed E-state index contributed by atoms with van der Waals surface area (Å²) in [4.78, 5) is 11.2. The maximum absolute atomic E-state index is 11.2. The molecule has 32 heavy (non-hydrogen) atoms. The zero-order valence-corrected chi connectivity index (χ0v) is 18.6. The molecule has 3 aromatic rings. The van der Waals surface area contributed by atoms with Gasteiger partial charge < -0.3 is 23.9 Å². The summed E-state index contributed by atoms with van der Waals surface area (Å²) < 4.78 is 19.3. The predicted molar refractivity (Wildman–Crippen MR) is 119 cm³/mol. The monoisotopic (exact) mass is 454 g/mol. The fraction of sp³-hybridized carbons (Fsp3) is 0.333. The van der Waals surface area contributed by atoms with Gasteiger partial charge in [0, 0.05) is 11.9 Å². The van der Waals surface area contributed by atoms with E-state index in [0.29, 0.717) is 40.9 Å². The Kier molecular flexibility index (Phi) is 6.26. The molecule has 0 radical (unpaired) electrons. The Labute approximate surface area is 190 Å². The molecule has 1 aliphatic rings. The third kappa shape index (κ3) is 4.38. The van der Waals surface area contributed by atoms with Crippen molar-refractivity contribution in [3.63, 3.8) is 0 Å². The predicted octanol–water partition coefficient (Wildman–Crippen LogP) is 5.08. The van der Waals surface area contributed by atoms with Crippen molar-refractivity contribution in [3.05, 3.63) is 58.2 Å². The van der Waals surface area contributed by atoms with Crippen molar-refractivity contribution >= 4 is 28.5 Å². The maximum atomic E-state index is 11.2. The molecule has 4 rings (SSSR count). The molecule has 166 valence electrons. The molecule has 0 bridgehead atoms. The molecule has 0 saturated heterocycles. The molecule has 2 heterocycles. The van der Waals surface area contributed by atoms with Crippen LogP contribution in [0.2, 0.25) is 5.02 Å². The van der Waals surface area contributed by atoms with E-state index in [1.165, 1.54) is 0 Å². The van der Waals surface area contributed by atoms with E-state index < -0.39 is 12.1 Å². The van der Waals surface area contributed by atoms with E-state index in [1.807, 2.05) is 42.7 Å². The van der Waals surface area contributed by atoms with E-state index in [0.717, 1.165) is 16.5 Å². The normalized spacial score (nSPS) is 15.4. The van der Waals surface area contributed by atoms with E-state index >= 15 is 0 Å². The number of aromatic nitrogens is 1. The highest BCUT2D eigenvalue weighted by Crippen LogP contribution is 2.40. The van der Waals surface area contributed by atoms with Crippen molar-refractivity contribution in [1.29, 1.82) is 5.26 Å². The summed E-state index contributed by atoms with van der Waals surface area (Å²) >= 11 is 6.64. The number of fused-ring (bicyclic) bond motifs is 3. The van der Waals surface area contributed by atoms with Gasteiger partial charge in [0.1, 0.15) is 30.3 Å². The Morgan fingerprint density at radius 1 is 1.34 bits per heavy atom. The van der Waals surface area contributed by atoms with Crippen molar-refractivity contribution in [3.8, 4) is 17.6 Å². The van der Waals surface area contributed by atoms with Gasteiger partial charge in [0.2, 0.25) is 0 Å². The van der Waals surface area contributed by atoms with Gasteiger partial charge in [0.05, 0.1) is 40.9 Å². The van der Waals surface area contributed by atoms with Crippen molar-refractivity contribution in [1.82, 2.24) is 4.57 Å². The van der Waals surface area contributed by atoms with Crippen molar-refractivity contribution in [2.24, 2.45) is 0 Å². The van der Waals surface area contributed by atoms with Crippen LogP contribution in [-0.2, 0) is 22.7 Å². The largest absolute Gasteiger partial charge is 0.490 e. The van der Waals surface area contributed by atoms with Gasteiger partial charge in [-0.25, -0.2) is 0 Å². The molecule has 0 spiro atoms. The molecule has 1 atom stereocenters. The minimum absolute atomic E-state index is 0.0191. The molecule has 0 amide bonds. The molecule has 0 fully saturated rings. The first kappa shape index (κ1) is 22.0. The molecule has 1 aromatic heterocycles. The van der Waals surface area contributed by atoms with E-state index in [2.05, 4.69) is 6.07 Å². The fourth-order valence-corrected chi connectivity index (χ4v) is 4.29. The highest BCUT2D eigenvalue weighted by molar-refractivity contribution is 6.36. The van der Waals surface area contributed by atoms with Gasteiger partial charge >= 0.3 is 5.97 Å². The summed E-state index contributed by atoms with van der Waals surface area (Å²) in [7, 11) is 0. The van der Waals surface area contributed by atoms with Crippen LogP contribution in [0.3, 0.4) is 0 Å². The average Bonchev–Trinajstić information content (AvgIpc) is 3.05. The van der Waals surface area contributed by atoms with Gasteiger partial charge in [-0.05, 0) is 49.7 Å². The Balaban J connectivity index is 1.57. The summed E-state index contributed by atoms with van der Waals surface area (Å²) in [6.07, 6.45) is -0.743. The number of ether oxygens (including phenoxy) is 3. The third-order valence-corrected chi connectivity index (χ3v) is 5.64. The number of aliphatic carboxylic acids is 1. The number of hydrogen-bond acceptors (Lipinski definition) is 5. The molecule has 0 saturated carbocycles. The molecule has 0 unspecified atom stereocenters. The number of nitriles is 1. The molecule has 7 nitrogen and oxygen atoms in total. The topological polar surface area (TPSA) is 93.7 Å². The lowest BCUT2D eigenvalue weighted by Crippen LogP contribution is -2.23. The Hall–Kier alpha value is -3.21. The number of carboxylic acids is 1. The summed E-state index contributed by atoms with van der Waals surface area (Å²) in [5.74, 6) is 0.242. The van der Waals surface area contributed by atoms with E-state index in [9.17, 15) is 15.2 Å². The van der Waals surface area contributed by atoms with Crippen LogP contribution in [-0.4, -0.2) is 28.4 Å². The van der Waals surface area contributed by atoms with E-state index in [4.69, 9.17) is 25.8 Å². The number of nitrogens with zero attached hydrogens (tertiary/aromatic N) is 2. The molecular weight excluding hydrogens is 432 g/mol. The molecule has 2 aromatic carbocycles. The van der Waals surface area contributed by atoms with Crippen LogP contribution in [0.25, 0.3) is 10.9 Å². The quantitative estimate of drug-likeness (QED) is 0.535. The molecule has 8 heteroatoms. The van der Waals surface area contributed by atoms with E-state index in [1.54, 1.807) is 12.1 Å². The standard InChI is InChI=1S/C24H23ClN2O5/c1-14(2)32-20-6-3-15(9-16(20)12-26)13-31-17-4-5-19-18(10-17)23(25)24-21(11-22(28)29)30-8-7-27(19)24/h3-6,9-10,14,21H,7-8,11,13H2,1-2H3,(H,28,29)/t21-/m1/s1. The van der Waals surface area contributed by atoms with Crippen molar-refractivity contribution in [2.45, 2.75) is 45.6 Å². The number of carbonyl (C=O) groups is 1. The average molecular weight is 455 g/mol. The number of rotatable bonds is 7. The van der Waals surface area contributed by atoms with Crippen molar-refractivity contribution < 1.29 is 24.1 Å². The Morgan fingerprint density at radius 2 is 2.16 bits per heavy atom. The van der Waals surface area contributed by atoms with Crippen LogP contribution in [0.4, 0.5) is 0 Å². The number of benzene rings is 2. The zero-order chi connectivity index (χ0) is 22.8. The van der Waals surface area contributed by atoms with Crippen LogP contribution >= 0.6 is 11.6 Å². The van der Waals surface area contributed by atoms with Gasteiger partial charge in [-0.15, -0.1) is 0 Å². The van der Waals surface area contributed by atoms with Gasteiger partial charge in [-0.3, -0.25) is 4.79 Å². The Morgan fingerprint density at radius 3 is 2.88 bits per heavy atom. The second-order valence-corrected chi connectivity index (χ2v) is 8.26. The highest BCUT2D eigenvalue weighted by atomic mass is 35.5. The van der Waals surface area contributed by atoms with Gasteiger partial charge in [-0.2, -0.15) is 5.26 Å². The molecule has 0 aliphatic carbocycles. The summed E-state index contributed by atoms with van der Waals surface area (Å²) in [6.45, 7) is 5.14. The second kappa shape index (κ2) is 9.11. The van der Waals surface area contributed by atoms with E-state index in [-0.39, 0.29) is 19.1 Å². The fourth-order valence-electron chi connectivity index (χ4n) is 3.92. The lowest BCUT2D eigenvalue weighted by atomic mass is 10.1. The van der Waals surface area contributed by atoms with Gasteiger partial charge in [0.15, 0.2) is 0 Å². The van der Waals surface area contributed by atoms with Gasteiger partial charge in [0.25, 0.3) is 0 Å². The third-order valence-electron chi connectivity index (χ3n) is 5.24. The molecular formula is C24H23ClN2O5. The van der Waals surface area contributed by atoms with Crippen LogP contribution in [0.15, 0.2) is 36.4 Å². The summed E-state index contributed by atoms with van der Waals surface area (Å²) in [6, 6.07) is 13.2. The second-order valence-electron chi connectivity index (χ2n) is 7.88. The smallest absolute Gasteiger partial charge is 0.306 e. The first-order valence-electron chi connectivity index (χ1n) is 10.3. The van der Waals surface area contributed by atoms with Crippen LogP contribution in [0.5, 0.6) is 11.5 Å². The maximum Gasteiger partial charge on any atom is 0.306 e. The zero-order valence-electron chi connectivity index (χ0n) is 17.8. The summed E-state index contributed by atoms with van der Waals surface area (Å²) in [5.41, 5.74) is 2.91. The van der Waals surface area contributed by atoms with Crippen molar-refractivity contribution in [2.75, 3.05) is 6.61 Å². The summed E-state index contributed by atoms with van der Waals surface area (Å²) in [5, 5.41) is 19.9. The van der Waals surface area contributed by atoms with Gasteiger partial charge in [-0.1, -0.05) is 17.7 Å². The Bertz CT molecular complexity index is 1210. The lowest BCUT2D eigenvalue weighted by Gasteiger charge is -2.25. The number of halogens is 1. The van der Waals surface area contributed by atoms with Crippen LogP contribution in [0.1, 0.15) is 43.2 Å². The molecule has 1 aliphatic heterocycles. The minimum Gasteiger partial charge on any atom is -0.490 e. The molecule has 1 N–H and O–H groups in total. The number of hydrogen-bond donors (Lipinski definition) is 1. The number of carboxylic acid groups (broad SMARTS) is 1. The first-order valence-corrected chi connectivity index (χ1v) is 10.7. The minimum atomic E-state index is -0.935. The first-order chi connectivity index (χ1) is 15.4. The van der Waals surface area contributed by atoms with Crippen LogP contribution < -0.4 is 9.47 Å². The SMILES string of the molecule is CC(C)Oc1ccc(COc2ccc3c(c2)c(Cl)c2n3CCO[C@@H]2CC(=O)O)cc1C#N. The van der Waals surface area contributed by atoms with Crippen LogP contribution in [0, 0.1) is 11.3 Å². The lowest BCUT2D eigenvalue weighted by molar-refractivity contribution is -0.141.